The molecule has 0 aliphatic carbocycles. The van der Waals surface area contributed by atoms with Crippen LogP contribution < -0.4 is 10.6 Å². The van der Waals surface area contributed by atoms with Crippen molar-refractivity contribution in [3.8, 4) is 0 Å². The van der Waals surface area contributed by atoms with Gasteiger partial charge in [0, 0.05) is 23.9 Å². The Morgan fingerprint density at radius 1 is 1.24 bits per heavy atom. The molecule has 0 radical (unpaired) electrons. The monoisotopic (exact) mass is 477 g/mol. The quantitative estimate of drug-likeness (QED) is 0.356. The minimum Gasteiger partial charge on any atom is -0.359 e. The van der Waals surface area contributed by atoms with E-state index in [1.54, 1.807) is 18.4 Å². The van der Waals surface area contributed by atoms with E-state index < -0.39 is 0 Å². The van der Waals surface area contributed by atoms with Crippen molar-refractivity contribution in [1.29, 1.82) is 0 Å². The minimum absolute atomic E-state index is 0. The Morgan fingerprint density at radius 2 is 1.92 bits per heavy atom. The summed E-state index contributed by atoms with van der Waals surface area (Å²) >= 11 is 1.71. The van der Waals surface area contributed by atoms with Gasteiger partial charge in [-0.2, -0.15) is 0 Å². The second kappa shape index (κ2) is 10.7. The highest BCUT2D eigenvalue weighted by molar-refractivity contribution is 14.0. The van der Waals surface area contributed by atoms with Crippen LogP contribution in [0.25, 0.3) is 0 Å². The van der Waals surface area contributed by atoms with Gasteiger partial charge in [-0.15, -0.1) is 35.3 Å². The van der Waals surface area contributed by atoms with E-state index in [1.807, 2.05) is 13.0 Å². The molecule has 2 N–H and O–H groups in total. The van der Waals surface area contributed by atoms with Gasteiger partial charge in [0.25, 0.3) is 0 Å². The van der Waals surface area contributed by atoms with E-state index in [0.717, 1.165) is 41.0 Å². The molecule has 2 aromatic heterocycles. The van der Waals surface area contributed by atoms with Crippen LogP contribution in [0, 0.1) is 13.8 Å². The van der Waals surface area contributed by atoms with Crippen molar-refractivity contribution in [2.75, 3.05) is 7.05 Å². The highest BCUT2D eigenvalue weighted by Gasteiger charge is 2.13. The van der Waals surface area contributed by atoms with E-state index in [4.69, 9.17) is 4.52 Å². The molecule has 0 fully saturated rings. The fourth-order valence-electron chi connectivity index (χ4n) is 2.48. The van der Waals surface area contributed by atoms with Gasteiger partial charge in [0.2, 0.25) is 0 Å². The van der Waals surface area contributed by atoms with Crippen molar-refractivity contribution in [3.63, 3.8) is 0 Å². The summed E-state index contributed by atoms with van der Waals surface area (Å²) in [6.45, 7) is 9.69. The normalized spacial score (nSPS) is 11.5. The Kier molecular flexibility index (Phi) is 9.41. The maximum absolute atomic E-state index is 5.42. The lowest BCUT2D eigenvalue weighted by atomic mass is 9.99. The number of hydrogen-bond acceptors (Lipinski definition) is 5. The van der Waals surface area contributed by atoms with E-state index in [0.29, 0.717) is 19.0 Å². The molecule has 8 heteroatoms. The molecule has 0 aliphatic rings. The summed E-state index contributed by atoms with van der Waals surface area (Å²) in [5.74, 6) is 2.01. The Labute approximate surface area is 170 Å². The molecule has 0 unspecified atom stereocenters. The lowest BCUT2D eigenvalue weighted by Crippen LogP contribution is -2.36. The van der Waals surface area contributed by atoms with Crippen LogP contribution in [-0.4, -0.2) is 23.1 Å². The predicted molar refractivity (Wildman–Crippen MR) is 114 cm³/mol. The van der Waals surface area contributed by atoms with Crippen molar-refractivity contribution in [1.82, 2.24) is 20.8 Å². The van der Waals surface area contributed by atoms with E-state index >= 15 is 0 Å². The first-order valence-corrected chi connectivity index (χ1v) is 9.21. The maximum Gasteiger partial charge on any atom is 0.191 e. The molecule has 2 aromatic rings. The van der Waals surface area contributed by atoms with E-state index in [2.05, 4.69) is 46.5 Å². The zero-order chi connectivity index (χ0) is 17.5. The van der Waals surface area contributed by atoms with E-state index in [1.165, 1.54) is 4.88 Å². The highest BCUT2D eigenvalue weighted by atomic mass is 127. The van der Waals surface area contributed by atoms with Crippen LogP contribution in [0.1, 0.15) is 59.6 Å². The number of hydrogen-bond donors (Lipinski definition) is 2. The SMILES string of the molecule is CCC(CC)c1cc(CNC(=NC)NCc2nc(C)c(C)s2)on1.I. The summed E-state index contributed by atoms with van der Waals surface area (Å²) in [4.78, 5) is 10.0. The molecular formula is C17H28IN5OS. The summed E-state index contributed by atoms with van der Waals surface area (Å²) in [6.07, 6.45) is 2.15. The standard InChI is InChI=1S/C17H27N5OS.HI/c1-6-13(7-2)15-8-14(23-22-15)9-19-17(18-5)20-10-16-21-11(3)12(4)24-16;/h8,13H,6-7,9-10H2,1-5H3,(H2,18,19,20);1H. The summed E-state index contributed by atoms with van der Waals surface area (Å²) in [5.41, 5.74) is 2.13. The van der Waals surface area contributed by atoms with Gasteiger partial charge >= 0.3 is 0 Å². The zero-order valence-electron chi connectivity index (χ0n) is 15.5. The molecule has 0 aliphatic heterocycles. The highest BCUT2D eigenvalue weighted by Crippen LogP contribution is 2.22. The molecule has 2 rings (SSSR count). The van der Waals surface area contributed by atoms with Gasteiger partial charge in [-0.25, -0.2) is 4.98 Å². The Hall–Kier alpha value is -1.16. The Morgan fingerprint density at radius 3 is 2.48 bits per heavy atom. The lowest BCUT2D eigenvalue weighted by molar-refractivity contribution is 0.368. The molecule has 0 saturated heterocycles. The number of rotatable bonds is 7. The average Bonchev–Trinajstić information content (AvgIpc) is 3.16. The first-order valence-electron chi connectivity index (χ1n) is 8.40. The minimum atomic E-state index is 0. The molecule has 0 amide bonds. The van der Waals surface area contributed by atoms with Crippen LogP contribution in [0.4, 0.5) is 0 Å². The van der Waals surface area contributed by atoms with Crippen LogP contribution in [-0.2, 0) is 13.1 Å². The van der Waals surface area contributed by atoms with Crippen molar-refractivity contribution in [2.24, 2.45) is 4.99 Å². The summed E-state index contributed by atoms with van der Waals surface area (Å²) < 4.78 is 5.42. The van der Waals surface area contributed by atoms with Crippen LogP contribution in [0.2, 0.25) is 0 Å². The Balaban J connectivity index is 0.00000312. The molecule has 25 heavy (non-hydrogen) atoms. The zero-order valence-corrected chi connectivity index (χ0v) is 18.7. The van der Waals surface area contributed by atoms with Crippen molar-refractivity contribution < 1.29 is 4.52 Å². The first-order chi connectivity index (χ1) is 11.6. The first kappa shape index (κ1) is 21.9. The van der Waals surface area contributed by atoms with Gasteiger partial charge in [-0.1, -0.05) is 19.0 Å². The summed E-state index contributed by atoms with van der Waals surface area (Å²) in [7, 11) is 1.75. The lowest BCUT2D eigenvalue weighted by Gasteiger charge is -2.09. The molecule has 2 heterocycles. The number of aryl methyl sites for hydroxylation is 2. The van der Waals surface area contributed by atoms with Crippen LogP contribution in [0.5, 0.6) is 0 Å². The summed E-state index contributed by atoms with van der Waals surface area (Å²) in [6, 6.07) is 2.03. The van der Waals surface area contributed by atoms with Crippen molar-refractivity contribution >= 4 is 41.3 Å². The number of guanidine groups is 1. The third-order valence-electron chi connectivity index (χ3n) is 4.11. The Bertz CT molecular complexity index is 659. The van der Waals surface area contributed by atoms with Gasteiger partial charge in [0.15, 0.2) is 11.7 Å². The molecule has 0 atom stereocenters. The predicted octanol–water partition coefficient (Wildman–Crippen LogP) is 4.13. The summed E-state index contributed by atoms with van der Waals surface area (Å²) in [5, 5.41) is 11.8. The number of halogens is 1. The molecule has 0 spiro atoms. The van der Waals surface area contributed by atoms with E-state index in [9.17, 15) is 0 Å². The number of nitrogens with one attached hydrogen (secondary N) is 2. The molecule has 6 nitrogen and oxygen atoms in total. The fraction of sp³-hybridized carbons (Fsp3) is 0.588. The number of aliphatic imine (C=N–C) groups is 1. The second-order valence-electron chi connectivity index (χ2n) is 5.76. The number of thiazole rings is 1. The van der Waals surface area contributed by atoms with Crippen molar-refractivity contribution in [3.05, 3.63) is 33.1 Å². The topological polar surface area (TPSA) is 75.3 Å². The molecule has 0 bridgehead atoms. The van der Waals surface area contributed by atoms with Crippen LogP contribution >= 0.6 is 35.3 Å². The number of aromatic nitrogens is 2. The van der Waals surface area contributed by atoms with Gasteiger partial charge in [0.05, 0.1) is 24.5 Å². The third-order valence-corrected chi connectivity index (χ3v) is 5.19. The maximum atomic E-state index is 5.42. The van der Waals surface area contributed by atoms with Crippen LogP contribution in [0.3, 0.4) is 0 Å². The van der Waals surface area contributed by atoms with Crippen LogP contribution in [0.15, 0.2) is 15.6 Å². The van der Waals surface area contributed by atoms with Crippen molar-refractivity contribution in [2.45, 2.75) is 59.5 Å². The largest absolute Gasteiger partial charge is 0.359 e. The number of nitrogens with zero attached hydrogens (tertiary/aromatic N) is 3. The van der Waals surface area contributed by atoms with Gasteiger partial charge in [-0.3, -0.25) is 4.99 Å². The van der Waals surface area contributed by atoms with Gasteiger partial charge < -0.3 is 15.2 Å². The molecule has 0 saturated carbocycles. The molecule has 0 aromatic carbocycles. The molecular weight excluding hydrogens is 449 g/mol. The molecule has 140 valence electrons. The second-order valence-corrected chi connectivity index (χ2v) is 7.05. The van der Waals surface area contributed by atoms with Gasteiger partial charge in [0.1, 0.15) is 5.01 Å². The average molecular weight is 477 g/mol. The smallest absolute Gasteiger partial charge is 0.191 e. The third kappa shape index (κ3) is 6.25. The van der Waals surface area contributed by atoms with E-state index in [-0.39, 0.29) is 24.0 Å². The van der Waals surface area contributed by atoms with Gasteiger partial charge in [-0.05, 0) is 26.7 Å². The fourth-order valence-corrected chi connectivity index (χ4v) is 3.35.